The van der Waals surface area contributed by atoms with Crippen molar-refractivity contribution in [2.45, 2.75) is 32.8 Å². The summed E-state index contributed by atoms with van der Waals surface area (Å²) in [6, 6.07) is 5.91. The molecule has 0 amide bonds. The summed E-state index contributed by atoms with van der Waals surface area (Å²) in [5.41, 5.74) is 2.24. The Morgan fingerprint density at radius 1 is 1.12 bits per heavy atom. The molecule has 3 aromatic heterocycles. The van der Waals surface area contributed by atoms with Crippen LogP contribution in [-0.2, 0) is 37.6 Å². The summed E-state index contributed by atoms with van der Waals surface area (Å²) < 4.78 is 13.0. The molecule has 0 aliphatic carbocycles. The Balaban J connectivity index is 1.34. The van der Waals surface area contributed by atoms with E-state index >= 15 is 0 Å². The van der Waals surface area contributed by atoms with E-state index in [1.165, 1.54) is 5.56 Å². The first kappa shape index (κ1) is 15.0. The van der Waals surface area contributed by atoms with Crippen LogP contribution in [0.1, 0.15) is 22.8 Å². The highest BCUT2D eigenvalue weighted by molar-refractivity contribution is 5.08. The molecule has 24 heavy (non-hydrogen) atoms. The van der Waals surface area contributed by atoms with Crippen LogP contribution in [0.2, 0.25) is 0 Å². The lowest BCUT2D eigenvalue weighted by Gasteiger charge is -2.27. The zero-order valence-electron chi connectivity index (χ0n) is 13.3. The molecule has 0 spiro atoms. The number of fused-ring (bicyclic) bond motifs is 1. The van der Waals surface area contributed by atoms with E-state index in [1.54, 1.807) is 18.7 Å². The van der Waals surface area contributed by atoms with E-state index in [4.69, 9.17) is 9.15 Å². The molecule has 0 N–H and O–H groups in total. The van der Waals surface area contributed by atoms with Gasteiger partial charge in [-0.2, -0.15) is 0 Å². The Kier molecular flexibility index (Phi) is 4.35. The summed E-state index contributed by atoms with van der Waals surface area (Å²) >= 11 is 0. The predicted molar refractivity (Wildman–Crippen MR) is 85.6 cm³/mol. The average molecular weight is 325 g/mol. The normalized spacial score (nSPS) is 14.7. The molecule has 4 heterocycles. The molecule has 7 heteroatoms. The van der Waals surface area contributed by atoms with Gasteiger partial charge in [-0.15, -0.1) is 10.2 Å². The Morgan fingerprint density at radius 2 is 2.12 bits per heavy atom. The number of rotatable bonds is 6. The van der Waals surface area contributed by atoms with Gasteiger partial charge in [0.25, 0.3) is 0 Å². The van der Waals surface area contributed by atoms with Gasteiger partial charge in [0.2, 0.25) is 0 Å². The summed E-state index contributed by atoms with van der Waals surface area (Å²) in [4.78, 5) is 6.43. The zero-order chi connectivity index (χ0) is 16.2. The number of hydrogen-bond acceptors (Lipinski definition) is 6. The maximum Gasteiger partial charge on any atom is 0.159 e. The van der Waals surface area contributed by atoms with E-state index in [1.807, 2.05) is 24.4 Å². The second-order valence-electron chi connectivity index (χ2n) is 5.88. The molecular formula is C17H19N5O2. The largest absolute Gasteiger partial charge is 0.472 e. The van der Waals surface area contributed by atoms with E-state index in [-0.39, 0.29) is 0 Å². The van der Waals surface area contributed by atoms with Gasteiger partial charge >= 0.3 is 0 Å². The Hall–Kier alpha value is -2.51. The van der Waals surface area contributed by atoms with Gasteiger partial charge in [0.1, 0.15) is 12.4 Å². The van der Waals surface area contributed by atoms with Crippen LogP contribution in [-0.4, -0.2) is 31.2 Å². The molecule has 0 radical (unpaired) electrons. The fourth-order valence-corrected chi connectivity index (χ4v) is 2.89. The highest BCUT2D eigenvalue weighted by atomic mass is 16.5. The molecule has 0 saturated carbocycles. The quantitative estimate of drug-likeness (QED) is 0.690. The van der Waals surface area contributed by atoms with Crippen molar-refractivity contribution in [1.29, 1.82) is 0 Å². The van der Waals surface area contributed by atoms with Gasteiger partial charge in [0, 0.05) is 37.6 Å². The second-order valence-corrected chi connectivity index (χ2v) is 5.88. The molecule has 1 aliphatic rings. The van der Waals surface area contributed by atoms with Crippen molar-refractivity contribution < 1.29 is 9.15 Å². The van der Waals surface area contributed by atoms with Gasteiger partial charge < -0.3 is 13.7 Å². The van der Waals surface area contributed by atoms with Crippen molar-refractivity contribution in [2.24, 2.45) is 0 Å². The average Bonchev–Trinajstić information content (AvgIpc) is 3.26. The van der Waals surface area contributed by atoms with Crippen LogP contribution in [0.25, 0.3) is 0 Å². The van der Waals surface area contributed by atoms with Gasteiger partial charge in [0.05, 0.1) is 25.7 Å². The molecule has 1 aliphatic heterocycles. The lowest BCUT2D eigenvalue weighted by Crippen LogP contribution is -2.33. The molecule has 124 valence electrons. The van der Waals surface area contributed by atoms with Crippen molar-refractivity contribution in [1.82, 2.24) is 24.6 Å². The Bertz CT molecular complexity index is 770. The molecule has 0 unspecified atom stereocenters. The second kappa shape index (κ2) is 6.94. The van der Waals surface area contributed by atoms with Crippen molar-refractivity contribution in [3.8, 4) is 0 Å². The van der Waals surface area contributed by atoms with Crippen LogP contribution in [0.3, 0.4) is 0 Å². The standard InChI is InChI=1S/C17H19N5O2/c1-2-14(8-18-4-1)11-24-13-17-20-19-16-10-21(5-6-22(16)17)9-15-3-7-23-12-15/h1-4,7-8,12H,5-6,9-11,13H2. The van der Waals surface area contributed by atoms with Crippen molar-refractivity contribution in [3.63, 3.8) is 0 Å². The van der Waals surface area contributed by atoms with Crippen molar-refractivity contribution >= 4 is 0 Å². The highest BCUT2D eigenvalue weighted by Crippen LogP contribution is 2.16. The first-order chi connectivity index (χ1) is 11.9. The molecule has 0 saturated heterocycles. The molecule has 7 nitrogen and oxygen atoms in total. The predicted octanol–water partition coefficient (Wildman–Crippen LogP) is 2.00. The van der Waals surface area contributed by atoms with E-state index < -0.39 is 0 Å². The molecule has 0 atom stereocenters. The van der Waals surface area contributed by atoms with Gasteiger partial charge in [-0.3, -0.25) is 9.88 Å². The highest BCUT2D eigenvalue weighted by Gasteiger charge is 2.21. The van der Waals surface area contributed by atoms with Gasteiger partial charge in [-0.05, 0) is 17.7 Å². The monoisotopic (exact) mass is 325 g/mol. The van der Waals surface area contributed by atoms with Gasteiger partial charge in [0.15, 0.2) is 5.82 Å². The molecule has 0 aromatic carbocycles. The zero-order valence-corrected chi connectivity index (χ0v) is 13.3. The number of pyridine rings is 1. The van der Waals surface area contributed by atoms with Crippen molar-refractivity contribution in [3.05, 3.63) is 65.9 Å². The molecular weight excluding hydrogens is 306 g/mol. The fourth-order valence-electron chi connectivity index (χ4n) is 2.89. The molecule has 0 bridgehead atoms. The number of nitrogens with zero attached hydrogens (tertiary/aromatic N) is 5. The van der Waals surface area contributed by atoms with Crippen LogP contribution in [0.4, 0.5) is 0 Å². The minimum atomic E-state index is 0.462. The van der Waals surface area contributed by atoms with Crippen LogP contribution in [0.5, 0.6) is 0 Å². The van der Waals surface area contributed by atoms with E-state index in [9.17, 15) is 0 Å². The minimum absolute atomic E-state index is 0.462. The number of ether oxygens (including phenoxy) is 1. The lowest BCUT2D eigenvalue weighted by atomic mass is 10.2. The maximum atomic E-state index is 5.75. The van der Waals surface area contributed by atoms with E-state index in [0.717, 1.165) is 43.4 Å². The van der Waals surface area contributed by atoms with E-state index in [0.29, 0.717) is 13.2 Å². The smallest absolute Gasteiger partial charge is 0.159 e. The van der Waals surface area contributed by atoms with Crippen LogP contribution < -0.4 is 0 Å². The number of aromatic nitrogens is 4. The number of furan rings is 1. The van der Waals surface area contributed by atoms with Gasteiger partial charge in [-0.1, -0.05) is 6.07 Å². The first-order valence-corrected chi connectivity index (χ1v) is 7.99. The topological polar surface area (TPSA) is 69.2 Å². The van der Waals surface area contributed by atoms with E-state index in [2.05, 4.69) is 24.6 Å². The molecule has 4 rings (SSSR count). The molecule has 3 aromatic rings. The maximum absolute atomic E-state index is 5.75. The third-order valence-electron chi connectivity index (χ3n) is 4.12. The summed E-state index contributed by atoms with van der Waals surface area (Å²) in [7, 11) is 0. The summed E-state index contributed by atoms with van der Waals surface area (Å²) in [6.45, 7) is 4.50. The third-order valence-corrected chi connectivity index (χ3v) is 4.12. The third kappa shape index (κ3) is 3.37. The van der Waals surface area contributed by atoms with Crippen LogP contribution in [0.15, 0.2) is 47.5 Å². The van der Waals surface area contributed by atoms with Crippen molar-refractivity contribution in [2.75, 3.05) is 6.54 Å². The lowest BCUT2D eigenvalue weighted by molar-refractivity contribution is 0.0966. The fraction of sp³-hybridized carbons (Fsp3) is 0.353. The summed E-state index contributed by atoms with van der Waals surface area (Å²) in [5, 5.41) is 8.61. The first-order valence-electron chi connectivity index (χ1n) is 7.99. The summed E-state index contributed by atoms with van der Waals surface area (Å²) in [6.07, 6.45) is 7.07. The SMILES string of the molecule is c1cncc(COCc2nnc3n2CCN(Cc2ccoc2)C3)c1. The summed E-state index contributed by atoms with van der Waals surface area (Å²) in [5.74, 6) is 1.88. The number of hydrogen-bond donors (Lipinski definition) is 0. The van der Waals surface area contributed by atoms with Gasteiger partial charge in [-0.25, -0.2) is 0 Å². The Labute approximate surface area is 139 Å². The minimum Gasteiger partial charge on any atom is -0.472 e. The van der Waals surface area contributed by atoms with Crippen LogP contribution in [0, 0.1) is 0 Å². The molecule has 0 fully saturated rings. The Morgan fingerprint density at radius 3 is 2.96 bits per heavy atom. The van der Waals surface area contributed by atoms with Crippen LogP contribution >= 0.6 is 0 Å².